The number of hydrogen-bond donors (Lipinski definition) is 1. The number of benzene rings is 1. The second kappa shape index (κ2) is 8.04. The molecule has 0 spiro atoms. The molecule has 5 nitrogen and oxygen atoms in total. The fourth-order valence-corrected chi connectivity index (χ4v) is 1.85. The van der Waals surface area contributed by atoms with Gasteiger partial charge in [0, 0.05) is 11.6 Å². The molecule has 1 aromatic rings. The highest BCUT2D eigenvalue weighted by atomic mass is 19.4. The van der Waals surface area contributed by atoms with Crippen LogP contribution in [-0.2, 0) is 14.3 Å². The summed E-state index contributed by atoms with van der Waals surface area (Å²) < 4.78 is 49.7. The third-order valence-corrected chi connectivity index (χ3v) is 2.71. The summed E-state index contributed by atoms with van der Waals surface area (Å²) in [6.45, 7) is 6.30. The van der Waals surface area contributed by atoms with Crippen molar-refractivity contribution in [3.05, 3.63) is 35.9 Å². The predicted molar refractivity (Wildman–Crippen MR) is 87.0 cm³/mol. The lowest BCUT2D eigenvalue weighted by Crippen LogP contribution is -2.27. The lowest BCUT2D eigenvalue weighted by Gasteiger charge is -2.21. The Balaban J connectivity index is 3.25. The molecule has 1 aromatic carbocycles. The van der Waals surface area contributed by atoms with Crippen LogP contribution in [0.25, 0.3) is 5.57 Å². The van der Waals surface area contributed by atoms with E-state index in [1.54, 1.807) is 20.8 Å². The van der Waals surface area contributed by atoms with Gasteiger partial charge >= 0.3 is 18.2 Å². The molecule has 0 heterocycles. The summed E-state index contributed by atoms with van der Waals surface area (Å²) in [5.74, 6) is -1.12. The second-order valence-electron chi connectivity index (χ2n) is 5.98. The molecule has 1 amide bonds. The zero-order valence-corrected chi connectivity index (χ0v) is 14.4. The van der Waals surface area contributed by atoms with E-state index in [1.165, 1.54) is 25.1 Å². The van der Waals surface area contributed by atoms with E-state index in [4.69, 9.17) is 4.74 Å². The molecule has 0 saturated carbocycles. The molecule has 0 fully saturated rings. The molecule has 0 radical (unpaired) electrons. The third kappa shape index (κ3) is 6.86. The fourth-order valence-electron chi connectivity index (χ4n) is 1.85. The van der Waals surface area contributed by atoms with E-state index >= 15 is 0 Å². The van der Waals surface area contributed by atoms with Crippen molar-refractivity contribution in [1.82, 2.24) is 0 Å². The van der Waals surface area contributed by atoms with Gasteiger partial charge in [-0.05, 0) is 33.8 Å². The van der Waals surface area contributed by atoms with Crippen molar-refractivity contribution < 1.29 is 32.2 Å². The number of anilines is 1. The van der Waals surface area contributed by atoms with Gasteiger partial charge in [0.2, 0.25) is 0 Å². The predicted octanol–water partition coefficient (Wildman–Crippen LogP) is 4.54. The summed E-state index contributed by atoms with van der Waals surface area (Å²) >= 11 is 0. The van der Waals surface area contributed by atoms with Gasteiger partial charge in [-0.1, -0.05) is 18.2 Å². The van der Waals surface area contributed by atoms with E-state index in [2.05, 4.69) is 10.1 Å². The SMILES string of the molecule is CCOC(=O)/C=C(\c1ccccc1NC(=O)OC(C)(C)C)C(F)(F)F. The minimum atomic E-state index is -4.82. The molecule has 1 N–H and O–H groups in total. The van der Waals surface area contributed by atoms with E-state index in [0.29, 0.717) is 6.08 Å². The highest BCUT2D eigenvalue weighted by Gasteiger charge is 2.37. The number of nitrogens with one attached hydrogen (secondary N) is 1. The van der Waals surface area contributed by atoms with E-state index < -0.39 is 29.4 Å². The number of alkyl halides is 3. The van der Waals surface area contributed by atoms with E-state index in [1.807, 2.05) is 0 Å². The number of hydrogen-bond acceptors (Lipinski definition) is 4. The molecule has 138 valence electrons. The van der Waals surface area contributed by atoms with Crippen LogP contribution < -0.4 is 5.32 Å². The Morgan fingerprint density at radius 3 is 2.28 bits per heavy atom. The molecule has 0 aliphatic carbocycles. The van der Waals surface area contributed by atoms with Crippen LogP contribution in [0.4, 0.5) is 23.7 Å². The Labute approximate surface area is 143 Å². The van der Waals surface area contributed by atoms with Crippen LogP contribution in [0, 0.1) is 0 Å². The third-order valence-electron chi connectivity index (χ3n) is 2.71. The maximum Gasteiger partial charge on any atom is 0.417 e. The first kappa shape index (κ1) is 20.5. The second-order valence-corrected chi connectivity index (χ2v) is 5.98. The van der Waals surface area contributed by atoms with Gasteiger partial charge in [-0.3, -0.25) is 5.32 Å². The van der Waals surface area contributed by atoms with Gasteiger partial charge in [0.25, 0.3) is 0 Å². The molecule has 0 bridgehead atoms. The average molecular weight is 359 g/mol. The Hall–Kier alpha value is -2.51. The molecule has 25 heavy (non-hydrogen) atoms. The number of para-hydroxylation sites is 1. The van der Waals surface area contributed by atoms with Crippen LogP contribution in [0.2, 0.25) is 0 Å². The maximum absolute atomic E-state index is 13.4. The van der Waals surface area contributed by atoms with Gasteiger partial charge in [-0.25, -0.2) is 9.59 Å². The molecular formula is C17H20F3NO4. The Morgan fingerprint density at radius 1 is 1.16 bits per heavy atom. The number of allylic oxidation sites excluding steroid dienone is 1. The lowest BCUT2D eigenvalue weighted by molar-refractivity contribution is -0.137. The van der Waals surface area contributed by atoms with Crippen molar-refractivity contribution in [1.29, 1.82) is 0 Å². The molecule has 0 unspecified atom stereocenters. The number of rotatable bonds is 4. The molecule has 0 aliphatic rings. The molecule has 8 heteroatoms. The average Bonchev–Trinajstić information content (AvgIpc) is 2.42. The highest BCUT2D eigenvalue weighted by molar-refractivity contribution is 5.97. The lowest BCUT2D eigenvalue weighted by atomic mass is 10.0. The van der Waals surface area contributed by atoms with Gasteiger partial charge in [-0.2, -0.15) is 13.2 Å². The number of esters is 1. The van der Waals surface area contributed by atoms with Crippen LogP contribution in [-0.4, -0.2) is 30.4 Å². The Bertz CT molecular complexity index is 661. The summed E-state index contributed by atoms with van der Waals surface area (Å²) in [5, 5.41) is 2.27. The molecule has 0 saturated heterocycles. The topological polar surface area (TPSA) is 64.6 Å². The zero-order valence-electron chi connectivity index (χ0n) is 14.4. The Morgan fingerprint density at radius 2 is 1.76 bits per heavy atom. The summed E-state index contributed by atoms with van der Waals surface area (Å²) in [5.41, 5.74) is -2.54. The Kier molecular flexibility index (Phi) is 6.61. The number of carbonyl (C=O) groups excluding carboxylic acids is 2. The van der Waals surface area contributed by atoms with E-state index in [9.17, 15) is 22.8 Å². The highest BCUT2D eigenvalue weighted by Crippen LogP contribution is 2.37. The molecule has 0 atom stereocenters. The van der Waals surface area contributed by atoms with Crippen molar-refractivity contribution in [2.45, 2.75) is 39.5 Å². The van der Waals surface area contributed by atoms with Gasteiger partial charge in [0.1, 0.15) is 5.60 Å². The largest absolute Gasteiger partial charge is 0.463 e. The van der Waals surface area contributed by atoms with Crippen molar-refractivity contribution in [3.63, 3.8) is 0 Å². The molecular weight excluding hydrogens is 339 g/mol. The van der Waals surface area contributed by atoms with E-state index in [-0.39, 0.29) is 17.9 Å². The smallest absolute Gasteiger partial charge is 0.417 e. The van der Waals surface area contributed by atoms with Crippen LogP contribution in [0.15, 0.2) is 30.3 Å². The monoisotopic (exact) mass is 359 g/mol. The maximum atomic E-state index is 13.4. The first-order valence-electron chi connectivity index (χ1n) is 7.49. The summed E-state index contributed by atoms with van der Waals surface area (Å²) in [6, 6.07) is 5.24. The molecule has 0 aliphatic heterocycles. The van der Waals surface area contributed by atoms with Crippen molar-refractivity contribution in [2.24, 2.45) is 0 Å². The van der Waals surface area contributed by atoms with Crippen molar-refractivity contribution in [3.8, 4) is 0 Å². The number of amides is 1. The van der Waals surface area contributed by atoms with Gasteiger partial charge in [0.05, 0.1) is 17.9 Å². The van der Waals surface area contributed by atoms with Gasteiger partial charge < -0.3 is 9.47 Å². The first-order valence-corrected chi connectivity index (χ1v) is 7.49. The van der Waals surface area contributed by atoms with Crippen LogP contribution in [0.5, 0.6) is 0 Å². The summed E-state index contributed by atoms with van der Waals surface area (Å²) in [4.78, 5) is 23.3. The number of halogens is 3. The number of carbonyl (C=O) groups is 2. The normalized spacial score (nSPS) is 12.5. The summed E-state index contributed by atoms with van der Waals surface area (Å²) in [6.07, 6.45) is -5.37. The fraction of sp³-hybridized carbons (Fsp3) is 0.412. The summed E-state index contributed by atoms with van der Waals surface area (Å²) in [7, 11) is 0. The van der Waals surface area contributed by atoms with Crippen molar-refractivity contribution >= 4 is 23.3 Å². The minimum Gasteiger partial charge on any atom is -0.463 e. The number of ether oxygens (including phenoxy) is 2. The molecule has 1 rings (SSSR count). The quantitative estimate of drug-likeness (QED) is 0.633. The van der Waals surface area contributed by atoms with Gasteiger partial charge in [0.15, 0.2) is 0 Å². The first-order chi connectivity index (χ1) is 11.4. The minimum absolute atomic E-state index is 0.0573. The van der Waals surface area contributed by atoms with Crippen LogP contribution >= 0.6 is 0 Å². The zero-order chi connectivity index (χ0) is 19.3. The van der Waals surface area contributed by atoms with Gasteiger partial charge in [-0.15, -0.1) is 0 Å². The van der Waals surface area contributed by atoms with Crippen LogP contribution in [0.1, 0.15) is 33.3 Å². The van der Waals surface area contributed by atoms with Crippen LogP contribution in [0.3, 0.4) is 0 Å². The van der Waals surface area contributed by atoms with E-state index in [0.717, 1.165) is 6.07 Å². The molecule has 0 aromatic heterocycles. The standard InChI is InChI=1S/C17H20F3NO4/c1-5-24-14(22)10-12(17(18,19)20)11-8-6-7-9-13(11)21-15(23)25-16(2,3)4/h6-10H,5H2,1-4H3,(H,21,23)/b12-10+. The van der Waals surface area contributed by atoms with Crippen molar-refractivity contribution in [2.75, 3.05) is 11.9 Å².